The zero-order valence-corrected chi connectivity index (χ0v) is 12.7. The summed E-state index contributed by atoms with van der Waals surface area (Å²) < 4.78 is 5.82. The highest BCUT2D eigenvalue weighted by molar-refractivity contribution is 6.31. The van der Waals surface area contributed by atoms with Crippen molar-refractivity contribution in [1.82, 2.24) is 10.3 Å². The molecule has 5 heteroatoms. The van der Waals surface area contributed by atoms with Crippen LogP contribution in [0.1, 0.15) is 22.5 Å². The van der Waals surface area contributed by atoms with E-state index in [0.29, 0.717) is 23.7 Å². The molecule has 0 atom stereocenters. The van der Waals surface area contributed by atoms with Crippen LogP contribution in [-0.4, -0.2) is 12.0 Å². The number of benzene rings is 1. The van der Waals surface area contributed by atoms with E-state index in [4.69, 9.17) is 21.6 Å². The average Bonchev–Trinajstić information content (AvgIpc) is 2.48. The fraction of sp³-hybridized carbons (Fsp3) is 0.250. The van der Waals surface area contributed by atoms with Gasteiger partial charge in [-0.2, -0.15) is 5.26 Å². The Hall–Kier alpha value is -2.09. The highest BCUT2D eigenvalue weighted by atomic mass is 35.5. The molecule has 0 aliphatic heterocycles. The minimum atomic E-state index is 0.339. The lowest BCUT2D eigenvalue weighted by Crippen LogP contribution is -2.10. The lowest BCUT2D eigenvalue weighted by Gasteiger charge is -2.12. The maximum Gasteiger partial charge on any atom is 0.142 e. The number of hydrogen-bond donors (Lipinski definition) is 1. The summed E-state index contributed by atoms with van der Waals surface area (Å²) in [4.78, 5) is 4.46. The van der Waals surface area contributed by atoms with E-state index in [1.54, 1.807) is 18.2 Å². The van der Waals surface area contributed by atoms with Crippen LogP contribution in [0.3, 0.4) is 0 Å². The Bertz CT molecular complexity index is 680. The monoisotopic (exact) mass is 301 g/mol. The first-order chi connectivity index (χ1) is 10.1. The SMILES string of the molecule is CNCc1nc(C)ccc1OCc1ccc(C#N)cc1Cl. The van der Waals surface area contributed by atoms with E-state index in [2.05, 4.69) is 16.4 Å². The van der Waals surface area contributed by atoms with Gasteiger partial charge < -0.3 is 10.1 Å². The van der Waals surface area contributed by atoms with Gasteiger partial charge in [-0.15, -0.1) is 0 Å². The number of nitriles is 1. The molecule has 1 aromatic heterocycles. The van der Waals surface area contributed by atoms with Crippen molar-refractivity contribution in [2.75, 3.05) is 7.05 Å². The molecular formula is C16H16ClN3O. The maximum atomic E-state index is 8.83. The van der Waals surface area contributed by atoms with Crippen molar-refractivity contribution in [1.29, 1.82) is 5.26 Å². The predicted molar refractivity (Wildman–Crippen MR) is 82.2 cm³/mol. The van der Waals surface area contributed by atoms with Gasteiger partial charge in [0.2, 0.25) is 0 Å². The van der Waals surface area contributed by atoms with Crippen molar-refractivity contribution in [3.05, 3.63) is 57.9 Å². The van der Waals surface area contributed by atoms with E-state index >= 15 is 0 Å². The molecule has 0 saturated heterocycles. The topological polar surface area (TPSA) is 57.9 Å². The standard InChI is InChI=1S/C16H16ClN3O/c1-11-3-6-16(15(20-11)9-19-2)21-10-13-5-4-12(8-18)7-14(13)17/h3-7,19H,9-10H2,1-2H3. The number of nitrogens with one attached hydrogen (secondary N) is 1. The molecule has 0 aliphatic carbocycles. The van der Waals surface area contributed by atoms with Crippen molar-refractivity contribution >= 4 is 11.6 Å². The summed E-state index contributed by atoms with van der Waals surface area (Å²) in [6.07, 6.45) is 0. The second-order valence-electron chi connectivity index (χ2n) is 4.63. The summed E-state index contributed by atoms with van der Waals surface area (Å²) in [5.41, 5.74) is 3.19. The summed E-state index contributed by atoms with van der Waals surface area (Å²) in [6, 6.07) is 11.1. The van der Waals surface area contributed by atoms with Crippen molar-refractivity contribution in [3.8, 4) is 11.8 Å². The van der Waals surface area contributed by atoms with E-state index < -0.39 is 0 Å². The van der Waals surface area contributed by atoms with E-state index in [9.17, 15) is 0 Å². The third-order valence-electron chi connectivity index (χ3n) is 2.98. The lowest BCUT2D eigenvalue weighted by molar-refractivity contribution is 0.300. The average molecular weight is 302 g/mol. The predicted octanol–water partition coefficient (Wildman–Crippen LogP) is 3.21. The van der Waals surface area contributed by atoms with E-state index in [1.807, 2.05) is 26.1 Å². The normalized spacial score (nSPS) is 10.2. The molecule has 4 nitrogen and oxygen atoms in total. The summed E-state index contributed by atoms with van der Waals surface area (Å²) in [5.74, 6) is 0.732. The minimum absolute atomic E-state index is 0.339. The summed E-state index contributed by atoms with van der Waals surface area (Å²) >= 11 is 6.14. The Labute approximate surface area is 129 Å². The number of halogens is 1. The zero-order chi connectivity index (χ0) is 15.2. The Morgan fingerprint density at radius 3 is 2.81 bits per heavy atom. The number of hydrogen-bond acceptors (Lipinski definition) is 4. The molecule has 0 aliphatic rings. The van der Waals surface area contributed by atoms with Gasteiger partial charge in [0.1, 0.15) is 12.4 Å². The third-order valence-corrected chi connectivity index (χ3v) is 3.33. The van der Waals surface area contributed by atoms with Crippen LogP contribution in [0.4, 0.5) is 0 Å². The molecule has 21 heavy (non-hydrogen) atoms. The molecule has 2 rings (SSSR count). The summed E-state index contributed by atoms with van der Waals surface area (Å²) in [7, 11) is 1.87. The largest absolute Gasteiger partial charge is 0.487 e. The van der Waals surface area contributed by atoms with Crippen LogP contribution in [-0.2, 0) is 13.2 Å². The Morgan fingerprint density at radius 2 is 2.14 bits per heavy atom. The van der Waals surface area contributed by atoms with Crippen molar-refractivity contribution in [2.24, 2.45) is 0 Å². The van der Waals surface area contributed by atoms with E-state index in [0.717, 1.165) is 22.7 Å². The van der Waals surface area contributed by atoms with Gasteiger partial charge in [0, 0.05) is 22.8 Å². The second kappa shape index (κ2) is 7.07. The molecule has 0 fully saturated rings. The number of nitrogens with zero attached hydrogens (tertiary/aromatic N) is 2. The van der Waals surface area contributed by atoms with Gasteiger partial charge in [-0.25, -0.2) is 0 Å². The quantitative estimate of drug-likeness (QED) is 0.921. The van der Waals surface area contributed by atoms with Crippen LogP contribution >= 0.6 is 11.6 Å². The molecule has 0 unspecified atom stereocenters. The number of rotatable bonds is 5. The summed E-state index contributed by atoms with van der Waals surface area (Å²) in [5, 5.41) is 12.4. The Balaban J connectivity index is 2.15. The van der Waals surface area contributed by atoms with Crippen molar-refractivity contribution in [2.45, 2.75) is 20.1 Å². The number of ether oxygens (including phenoxy) is 1. The molecule has 2 aromatic rings. The van der Waals surface area contributed by atoms with Crippen LogP contribution < -0.4 is 10.1 Å². The first kappa shape index (κ1) is 15.3. The molecular weight excluding hydrogens is 286 g/mol. The molecule has 1 N–H and O–H groups in total. The van der Waals surface area contributed by atoms with Crippen molar-refractivity contribution < 1.29 is 4.74 Å². The van der Waals surface area contributed by atoms with Gasteiger partial charge in [0.05, 0.1) is 17.3 Å². The fourth-order valence-electron chi connectivity index (χ4n) is 1.91. The maximum absolute atomic E-state index is 8.83. The van der Waals surface area contributed by atoms with Gasteiger partial charge in [-0.1, -0.05) is 17.7 Å². The zero-order valence-electron chi connectivity index (χ0n) is 12.0. The highest BCUT2D eigenvalue weighted by Crippen LogP contribution is 2.22. The van der Waals surface area contributed by atoms with Gasteiger partial charge in [-0.05, 0) is 38.2 Å². The fourth-order valence-corrected chi connectivity index (χ4v) is 2.15. The van der Waals surface area contributed by atoms with Gasteiger partial charge in [0.15, 0.2) is 0 Å². The molecule has 108 valence electrons. The van der Waals surface area contributed by atoms with Crippen LogP contribution in [0, 0.1) is 18.3 Å². The second-order valence-corrected chi connectivity index (χ2v) is 5.04. The van der Waals surface area contributed by atoms with E-state index in [1.165, 1.54) is 0 Å². The lowest BCUT2D eigenvalue weighted by atomic mass is 10.1. The van der Waals surface area contributed by atoms with Crippen LogP contribution in [0.5, 0.6) is 5.75 Å². The third kappa shape index (κ3) is 3.94. The van der Waals surface area contributed by atoms with Gasteiger partial charge in [0.25, 0.3) is 0 Å². The molecule has 0 radical (unpaired) electrons. The van der Waals surface area contributed by atoms with Crippen molar-refractivity contribution in [3.63, 3.8) is 0 Å². The van der Waals surface area contributed by atoms with Crippen LogP contribution in [0.25, 0.3) is 0 Å². The highest BCUT2D eigenvalue weighted by Gasteiger charge is 2.08. The van der Waals surface area contributed by atoms with Gasteiger partial charge in [-0.3, -0.25) is 4.98 Å². The molecule has 1 aromatic carbocycles. The molecule has 1 heterocycles. The molecule has 0 amide bonds. The Morgan fingerprint density at radius 1 is 1.33 bits per heavy atom. The molecule has 0 spiro atoms. The van der Waals surface area contributed by atoms with Gasteiger partial charge >= 0.3 is 0 Å². The van der Waals surface area contributed by atoms with Crippen LogP contribution in [0.2, 0.25) is 5.02 Å². The number of aromatic nitrogens is 1. The molecule has 0 bridgehead atoms. The first-order valence-electron chi connectivity index (χ1n) is 6.56. The first-order valence-corrected chi connectivity index (χ1v) is 6.94. The minimum Gasteiger partial charge on any atom is -0.487 e. The van der Waals surface area contributed by atoms with E-state index in [-0.39, 0.29) is 0 Å². The Kier molecular flexibility index (Phi) is 5.15. The smallest absolute Gasteiger partial charge is 0.142 e. The number of pyridine rings is 1. The molecule has 0 saturated carbocycles. The summed E-state index contributed by atoms with van der Waals surface area (Å²) in [6.45, 7) is 2.92. The van der Waals surface area contributed by atoms with Crippen LogP contribution in [0.15, 0.2) is 30.3 Å². The number of aryl methyl sites for hydroxylation is 1.